The molecular weight excluding hydrogens is 374 g/mol. The third kappa shape index (κ3) is 3.54. The van der Waals surface area contributed by atoms with Gasteiger partial charge >= 0.3 is 5.63 Å². The van der Waals surface area contributed by atoms with Crippen LogP contribution in [0.2, 0.25) is 0 Å². The quantitative estimate of drug-likeness (QED) is 0.663. The van der Waals surface area contributed by atoms with Crippen LogP contribution in [0.15, 0.2) is 51.7 Å². The van der Waals surface area contributed by atoms with Crippen LogP contribution >= 0.6 is 0 Å². The van der Waals surface area contributed by atoms with E-state index in [0.717, 1.165) is 5.56 Å². The maximum absolute atomic E-state index is 13.0. The number of nitrogens with zero attached hydrogens (tertiary/aromatic N) is 1. The molecule has 1 fully saturated rings. The number of rotatable bonds is 5. The van der Waals surface area contributed by atoms with Crippen molar-refractivity contribution in [3.63, 3.8) is 0 Å². The molecule has 0 radical (unpaired) electrons. The van der Waals surface area contributed by atoms with Crippen LogP contribution in [0.25, 0.3) is 11.0 Å². The molecule has 0 aliphatic carbocycles. The van der Waals surface area contributed by atoms with Gasteiger partial charge in [-0.05, 0) is 24.3 Å². The highest BCUT2D eigenvalue weighted by atomic mass is 16.5. The second-order valence-electron chi connectivity index (χ2n) is 6.81. The van der Waals surface area contributed by atoms with Crippen molar-refractivity contribution in [3.8, 4) is 17.2 Å². The fourth-order valence-electron chi connectivity index (χ4n) is 3.80. The van der Waals surface area contributed by atoms with Gasteiger partial charge in [0.25, 0.3) is 0 Å². The third-order valence-corrected chi connectivity index (χ3v) is 5.24. The summed E-state index contributed by atoms with van der Waals surface area (Å²) in [6, 6.07) is 11.8. The number of ether oxygens (including phenoxy) is 3. The van der Waals surface area contributed by atoms with Crippen molar-refractivity contribution >= 4 is 11.0 Å². The van der Waals surface area contributed by atoms with Crippen LogP contribution in [-0.4, -0.2) is 50.5 Å². The van der Waals surface area contributed by atoms with Crippen LogP contribution in [-0.2, 0) is 4.74 Å². The number of aromatic hydroxyl groups is 1. The summed E-state index contributed by atoms with van der Waals surface area (Å²) in [6.45, 7) is 2.28. The molecule has 4 rings (SSSR count). The van der Waals surface area contributed by atoms with Gasteiger partial charge in [-0.1, -0.05) is 12.1 Å². The average Bonchev–Trinajstić information content (AvgIpc) is 2.77. The molecule has 2 aromatic carbocycles. The topological polar surface area (TPSA) is 81.4 Å². The Morgan fingerprint density at radius 3 is 2.55 bits per heavy atom. The molecule has 1 aliphatic rings. The van der Waals surface area contributed by atoms with E-state index < -0.39 is 11.7 Å². The van der Waals surface area contributed by atoms with Crippen molar-refractivity contribution in [1.82, 2.24) is 4.90 Å². The molecule has 7 heteroatoms. The van der Waals surface area contributed by atoms with E-state index in [1.54, 1.807) is 44.6 Å². The molecule has 7 nitrogen and oxygen atoms in total. The fourth-order valence-corrected chi connectivity index (χ4v) is 3.80. The average molecular weight is 397 g/mol. The molecule has 1 aliphatic heterocycles. The summed E-state index contributed by atoms with van der Waals surface area (Å²) in [4.78, 5) is 15.1. The zero-order valence-electron chi connectivity index (χ0n) is 16.4. The van der Waals surface area contributed by atoms with Gasteiger partial charge in [0.1, 0.15) is 28.4 Å². The number of fused-ring (bicyclic) bond motifs is 1. The Labute approximate surface area is 168 Å². The first-order chi connectivity index (χ1) is 14.1. The second kappa shape index (κ2) is 8.14. The Morgan fingerprint density at radius 2 is 1.83 bits per heavy atom. The number of morpholine rings is 1. The monoisotopic (exact) mass is 397 g/mol. The smallest absolute Gasteiger partial charge is 0.345 e. The predicted molar refractivity (Wildman–Crippen MR) is 108 cm³/mol. The maximum Gasteiger partial charge on any atom is 0.345 e. The molecule has 0 bridgehead atoms. The highest BCUT2D eigenvalue weighted by molar-refractivity contribution is 5.84. The largest absolute Gasteiger partial charge is 0.507 e. The molecule has 152 valence electrons. The van der Waals surface area contributed by atoms with E-state index in [2.05, 4.69) is 4.90 Å². The first-order valence-electron chi connectivity index (χ1n) is 9.42. The third-order valence-electron chi connectivity index (χ3n) is 5.24. The lowest BCUT2D eigenvalue weighted by Crippen LogP contribution is -2.41. The first-order valence-corrected chi connectivity index (χ1v) is 9.42. The lowest BCUT2D eigenvalue weighted by molar-refractivity contribution is 0.0226. The van der Waals surface area contributed by atoms with Gasteiger partial charge in [0.2, 0.25) is 0 Å². The number of para-hydroxylation sites is 1. The van der Waals surface area contributed by atoms with Crippen LogP contribution in [0.5, 0.6) is 17.2 Å². The fraction of sp³-hybridized carbons (Fsp3) is 0.318. The predicted octanol–water partition coefficient (Wildman–Crippen LogP) is 2.94. The van der Waals surface area contributed by atoms with Crippen LogP contribution in [0.3, 0.4) is 0 Å². The summed E-state index contributed by atoms with van der Waals surface area (Å²) in [5, 5.41) is 11.6. The Bertz CT molecular complexity index is 1070. The minimum absolute atomic E-state index is 0.0776. The number of hydrogen-bond donors (Lipinski definition) is 1. The molecule has 0 amide bonds. The molecule has 2 heterocycles. The van der Waals surface area contributed by atoms with Crippen molar-refractivity contribution in [3.05, 3.63) is 64.0 Å². The molecule has 1 N–H and O–H groups in total. The van der Waals surface area contributed by atoms with E-state index in [9.17, 15) is 9.90 Å². The van der Waals surface area contributed by atoms with E-state index in [-0.39, 0.29) is 11.3 Å². The molecule has 1 aromatic heterocycles. The molecule has 0 saturated carbocycles. The molecule has 1 saturated heterocycles. The summed E-state index contributed by atoms with van der Waals surface area (Å²) >= 11 is 0. The molecule has 29 heavy (non-hydrogen) atoms. The summed E-state index contributed by atoms with van der Waals surface area (Å²) < 4.78 is 21.9. The van der Waals surface area contributed by atoms with Crippen molar-refractivity contribution < 1.29 is 23.7 Å². The van der Waals surface area contributed by atoms with Gasteiger partial charge in [0.15, 0.2) is 0 Å². The van der Waals surface area contributed by atoms with Gasteiger partial charge in [-0.3, -0.25) is 4.90 Å². The number of benzene rings is 2. The lowest BCUT2D eigenvalue weighted by atomic mass is 9.95. The van der Waals surface area contributed by atoms with Gasteiger partial charge in [0.05, 0.1) is 38.9 Å². The van der Waals surface area contributed by atoms with Gasteiger partial charge in [-0.15, -0.1) is 0 Å². The Hall–Kier alpha value is -3.03. The van der Waals surface area contributed by atoms with Crippen molar-refractivity contribution in [2.75, 3.05) is 40.5 Å². The number of methoxy groups -OCH3 is 2. The highest BCUT2D eigenvalue weighted by Crippen LogP contribution is 2.40. The van der Waals surface area contributed by atoms with Crippen LogP contribution < -0.4 is 15.1 Å². The van der Waals surface area contributed by atoms with E-state index in [1.165, 1.54) is 0 Å². The zero-order valence-corrected chi connectivity index (χ0v) is 16.4. The zero-order chi connectivity index (χ0) is 20.4. The van der Waals surface area contributed by atoms with Gasteiger partial charge in [0, 0.05) is 24.7 Å². The van der Waals surface area contributed by atoms with Gasteiger partial charge in [-0.25, -0.2) is 4.79 Å². The molecule has 0 spiro atoms. The van der Waals surface area contributed by atoms with E-state index in [4.69, 9.17) is 18.6 Å². The van der Waals surface area contributed by atoms with Crippen LogP contribution in [0.4, 0.5) is 0 Å². The number of hydrogen-bond acceptors (Lipinski definition) is 7. The summed E-state index contributed by atoms with van der Waals surface area (Å²) in [6.07, 6.45) is 0. The van der Waals surface area contributed by atoms with Gasteiger partial charge < -0.3 is 23.7 Å². The minimum atomic E-state index is -0.574. The summed E-state index contributed by atoms with van der Waals surface area (Å²) in [5.74, 6) is 1.13. The summed E-state index contributed by atoms with van der Waals surface area (Å²) in [5.41, 5.74) is 0.707. The van der Waals surface area contributed by atoms with Crippen LogP contribution in [0.1, 0.15) is 17.2 Å². The van der Waals surface area contributed by atoms with Gasteiger partial charge in [-0.2, -0.15) is 0 Å². The Kier molecular flexibility index (Phi) is 5.42. The van der Waals surface area contributed by atoms with Crippen molar-refractivity contribution in [1.29, 1.82) is 0 Å². The highest BCUT2D eigenvalue weighted by Gasteiger charge is 2.33. The molecule has 1 unspecified atom stereocenters. The Morgan fingerprint density at radius 1 is 1.07 bits per heavy atom. The first kappa shape index (κ1) is 19.3. The SMILES string of the molecule is COc1ccc(C(c2c(O)c3ccccc3oc2=O)N2CCOCC2)c(OC)c1. The molecular formula is C22H23NO6. The lowest BCUT2D eigenvalue weighted by Gasteiger charge is -2.35. The minimum Gasteiger partial charge on any atom is -0.507 e. The second-order valence-corrected chi connectivity index (χ2v) is 6.81. The Balaban J connectivity index is 1.95. The summed E-state index contributed by atoms with van der Waals surface area (Å²) in [7, 11) is 3.15. The van der Waals surface area contributed by atoms with Crippen molar-refractivity contribution in [2.45, 2.75) is 6.04 Å². The normalized spacial score (nSPS) is 15.9. The van der Waals surface area contributed by atoms with Crippen molar-refractivity contribution in [2.24, 2.45) is 0 Å². The standard InChI is InChI=1S/C22H23NO6/c1-26-14-7-8-15(18(13-14)27-2)20(23-9-11-28-12-10-23)19-21(24)16-5-3-4-6-17(16)29-22(19)25/h3-8,13,20,24H,9-12H2,1-2H3. The van der Waals surface area contributed by atoms with Crippen LogP contribution in [0, 0.1) is 0 Å². The molecule has 3 aromatic rings. The van der Waals surface area contributed by atoms with E-state index in [1.807, 2.05) is 12.1 Å². The van der Waals surface area contributed by atoms with E-state index >= 15 is 0 Å². The molecule has 1 atom stereocenters. The maximum atomic E-state index is 13.0. The van der Waals surface area contributed by atoms with E-state index in [0.29, 0.717) is 48.8 Å².